The number of hydrogen-bond acceptors (Lipinski definition) is 3. The summed E-state index contributed by atoms with van der Waals surface area (Å²) in [5, 5.41) is 4.01. The van der Waals surface area contributed by atoms with E-state index < -0.39 is 0 Å². The van der Waals surface area contributed by atoms with E-state index in [1.165, 1.54) is 6.21 Å². The Kier molecular flexibility index (Phi) is 5.08. The normalized spacial score (nSPS) is 10.9. The number of hydrazone groups is 1. The monoisotopic (exact) mass is 399 g/mol. The predicted molar refractivity (Wildman–Crippen MR) is 105 cm³/mol. The van der Waals surface area contributed by atoms with Crippen molar-refractivity contribution in [3.8, 4) is 22.5 Å². The quantitative estimate of drug-likeness (QED) is 0.383. The van der Waals surface area contributed by atoms with Crippen molar-refractivity contribution >= 4 is 39.5 Å². The number of nitrogens with two attached hydrogens (primary N) is 1. The smallest absolute Gasteiger partial charge is 0.184 e. The van der Waals surface area contributed by atoms with Gasteiger partial charge in [-0.05, 0) is 41.5 Å². The molecule has 0 saturated carbocycles. The molecule has 3 aromatic rings. The molecule has 0 aliphatic heterocycles. The zero-order chi connectivity index (χ0) is 16.9. The average molecular weight is 400 g/mol. The second-order valence-electron chi connectivity index (χ2n) is 4.96. The fourth-order valence-electron chi connectivity index (χ4n) is 2.34. The molecule has 0 saturated heterocycles. The summed E-state index contributed by atoms with van der Waals surface area (Å²) in [7, 11) is 0. The Bertz CT molecular complexity index is 905. The number of nitrogens with zero attached hydrogens (tertiary/aromatic N) is 1. The van der Waals surface area contributed by atoms with Crippen LogP contribution in [0.4, 0.5) is 0 Å². The van der Waals surface area contributed by atoms with Crippen LogP contribution in [0.25, 0.3) is 22.5 Å². The Hall–Kier alpha value is -2.44. The minimum Gasteiger partial charge on any atom is -0.455 e. The van der Waals surface area contributed by atoms with Gasteiger partial charge in [-0.1, -0.05) is 58.4 Å². The Morgan fingerprint density at radius 3 is 2.38 bits per heavy atom. The average Bonchev–Trinajstić information content (AvgIpc) is 3.04. The van der Waals surface area contributed by atoms with Crippen LogP contribution in [0.5, 0.6) is 0 Å². The molecule has 0 bridgehead atoms. The number of thiocarbonyl (C=S) groups is 1. The lowest BCUT2D eigenvalue weighted by Crippen LogP contribution is -2.23. The molecule has 0 atom stereocenters. The van der Waals surface area contributed by atoms with Crippen LogP contribution in [0.2, 0.25) is 0 Å². The van der Waals surface area contributed by atoms with E-state index in [9.17, 15) is 0 Å². The molecule has 4 nitrogen and oxygen atoms in total. The maximum atomic E-state index is 5.86. The third kappa shape index (κ3) is 3.72. The Morgan fingerprint density at radius 2 is 1.67 bits per heavy atom. The summed E-state index contributed by atoms with van der Waals surface area (Å²) >= 11 is 8.30. The molecule has 0 aliphatic rings. The van der Waals surface area contributed by atoms with Gasteiger partial charge < -0.3 is 10.2 Å². The summed E-state index contributed by atoms with van der Waals surface area (Å²) in [6.45, 7) is 0. The molecule has 0 unspecified atom stereocenters. The lowest BCUT2D eigenvalue weighted by molar-refractivity contribution is 0.575. The van der Waals surface area contributed by atoms with Crippen LogP contribution in [0.15, 0.2) is 74.7 Å². The van der Waals surface area contributed by atoms with Crippen molar-refractivity contribution in [2.24, 2.45) is 10.8 Å². The highest BCUT2D eigenvalue weighted by molar-refractivity contribution is 9.10. The van der Waals surface area contributed by atoms with Crippen LogP contribution in [0, 0.1) is 0 Å². The summed E-state index contributed by atoms with van der Waals surface area (Å²) < 4.78 is 6.90. The first-order chi connectivity index (χ1) is 11.6. The van der Waals surface area contributed by atoms with Crippen LogP contribution < -0.4 is 11.2 Å². The second-order valence-corrected chi connectivity index (χ2v) is 6.26. The summed E-state index contributed by atoms with van der Waals surface area (Å²) in [4.78, 5) is 0. The number of halogens is 1. The molecule has 120 valence electrons. The molecular weight excluding hydrogens is 386 g/mol. The van der Waals surface area contributed by atoms with Crippen LogP contribution in [0.3, 0.4) is 0 Å². The van der Waals surface area contributed by atoms with Gasteiger partial charge >= 0.3 is 0 Å². The topological polar surface area (TPSA) is 63.5 Å². The highest BCUT2D eigenvalue weighted by Crippen LogP contribution is 2.36. The van der Waals surface area contributed by atoms with Crippen LogP contribution in [-0.4, -0.2) is 11.3 Å². The van der Waals surface area contributed by atoms with Crippen LogP contribution in [0.1, 0.15) is 5.76 Å². The molecule has 0 aliphatic carbocycles. The van der Waals surface area contributed by atoms with E-state index in [1.807, 2.05) is 48.5 Å². The van der Waals surface area contributed by atoms with Gasteiger partial charge in [0, 0.05) is 10.0 Å². The number of hydrogen-bond donors (Lipinski definition) is 2. The van der Waals surface area contributed by atoms with Crippen molar-refractivity contribution < 1.29 is 4.42 Å². The van der Waals surface area contributed by atoms with Gasteiger partial charge in [-0.3, -0.25) is 5.43 Å². The fourth-order valence-corrected chi connectivity index (χ4v) is 2.89. The van der Waals surface area contributed by atoms with Gasteiger partial charge in [0.1, 0.15) is 11.5 Å². The van der Waals surface area contributed by atoms with E-state index in [2.05, 4.69) is 38.6 Å². The maximum absolute atomic E-state index is 5.86. The summed E-state index contributed by atoms with van der Waals surface area (Å²) in [5.41, 5.74) is 11.0. The van der Waals surface area contributed by atoms with Crippen molar-refractivity contribution in [1.82, 2.24) is 5.43 Å². The van der Waals surface area contributed by atoms with Crippen molar-refractivity contribution in [2.75, 3.05) is 0 Å². The van der Waals surface area contributed by atoms with Gasteiger partial charge in [-0.25, -0.2) is 0 Å². The summed E-state index contributed by atoms with van der Waals surface area (Å²) in [6.07, 6.45) is 1.53. The number of furan rings is 1. The highest BCUT2D eigenvalue weighted by Gasteiger charge is 2.12. The predicted octanol–water partition coefficient (Wildman–Crippen LogP) is 4.54. The van der Waals surface area contributed by atoms with Gasteiger partial charge in [-0.2, -0.15) is 5.10 Å². The highest BCUT2D eigenvalue weighted by atomic mass is 79.9. The van der Waals surface area contributed by atoms with Gasteiger partial charge in [0.25, 0.3) is 0 Å². The minimum atomic E-state index is 0.109. The van der Waals surface area contributed by atoms with E-state index >= 15 is 0 Å². The van der Waals surface area contributed by atoms with E-state index in [0.717, 1.165) is 26.9 Å². The zero-order valence-corrected chi connectivity index (χ0v) is 15.0. The van der Waals surface area contributed by atoms with Crippen molar-refractivity contribution in [1.29, 1.82) is 0 Å². The minimum absolute atomic E-state index is 0.109. The molecule has 1 aromatic heterocycles. The third-order valence-electron chi connectivity index (χ3n) is 3.35. The Balaban J connectivity index is 1.97. The molecule has 0 spiro atoms. The molecular formula is C18H14BrN3OS. The van der Waals surface area contributed by atoms with E-state index in [0.29, 0.717) is 5.76 Å². The first-order valence-electron chi connectivity index (χ1n) is 7.18. The zero-order valence-electron chi connectivity index (χ0n) is 12.6. The summed E-state index contributed by atoms with van der Waals surface area (Å²) in [5.74, 6) is 1.37. The van der Waals surface area contributed by atoms with Crippen molar-refractivity contribution in [3.63, 3.8) is 0 Å². The molecule has 3 rings (SSSR count). The Labute approximate surface area is 153 Å². The van der Waals surface area contributed by atoms with Gasteiger partial charge in [0.15, 0.2) is 5.11 Å². The number of benzene rings is 2. The first-order valence-corrected chi connectivity index (χ1v) is 8.38. The lowest BCUT2D eigenvalue weighted by atomic mass is 9.98. The molecule has 6 heteroatoms. The molecule has 1 heterocycles. The maximum Gasteiger partial charge on any atom is 0.184 e. The van der Waals surface area contributed by atoms with Crippen LogP contribution in [-0.2, 0) is 0 Å². The van der Waals surface area contributed by atoms with Gasteiger partial charge in [0.05, 0.1) is 6.21 Å². The molecule has 2 aromatic carbocycles. The van der Waals surface area contributed by atoms with E-state index in [-0.39, 0.29) is 5.11 Å². The summed E-state index contributed by atoms with van der Waals surface area (Å²) in [6, 6.07) is 20.0. The molecule has 3 N–H and O–H groups in total. The lowest BCUT2D eigenvalue weighted by Gasteiger charge is -2.09. The largest absolute Gasteiger partial charge is 0.455 e. The standard InChI is InChI=1S/C18H14BrN3OS/c19-16-8-4-3-6-14(16)13-5-1-2-7-15(13)17-10-9-12(23-17)11-21-22-18(20)24/h1-11H,(H3,20,22,24). The van der Waals surface area contributed by atoms with Gasteiger partial charge in [0.2, 0.25) is 0 Å². The van der Waals surface area contributed by atoms with E-state index in [4.69, 9.17) is 22.4 Å². The van der Waals surface area contributed by atoms with Crippen molar-refractivity contribution in [3.05, 3.63) is 70.9 Å². The van der Waals surface area contributed by atoms with Crippen molar-refractivity contribution in [2.45, 2.75) is 0 Å². The SMILES string of the molecule is NC(=S)NN=Cc1ccc(-c2ccccc2-c2ccccc2Br)o1. The first kappa shape index (κ1) is 16.4. The van der Waals surface area contributed by atoms with Gasteiger partial charge in [-0.15, -0.1) is 0 Å². The fraction of sp³-hybridized carbons (Fsp3) is 0. The molecule has 24 heavy (non-hydrogen) atoms. The second kappa shape index (κ2) is 7.42. The molecule has 0 amide bonds. The van der Waals surface area contributed by atoms with Crippen LogP contribution >= 0.6 is 28.1 Å². The number of nitrogens with one attached hydrogen (secondary N) is 1. The Morgan fingerprint density at radius 1 is 1.00 bits per heavy atom. The van der Waals surface area contributed by atoms with E-state index in [1.54, 1.807) is 0 Å². The third-order valence-corrected chi connectivity index (χ3v) is 4.13. The number of rotatable bonds is 4. The molecule has 0 fully saturated rings. The molecule has 0 radical (unpaired) electrons.